The number of carbonyl (C=O) groups is 4. The Hall–Kier alpha value is -3.57. The van der Waals surface area contributed by atoms with Crippen LogP contribution in [0.4, 0.5) is 11.4 Å². The molecule has 1 aliphatic heterocycles. The lowest BCUT2D eigenvalue weighted by Crippen LogP contribution is -2.43. The van der Waals surface area contributed by atoms with Gasteiger partial charge in [0.2, 0.25) is 11.8 Å². The van der Waals surface area contributed by atoms with Crippen molar-refractivity contribution in [3.63, 3.8) is 0 Å². The van der Waals surface area contributed by atoms with Crippen molar-refractivity contribution in [1.29, 1.82) is 0 Å². The Labute approximate surface area is 229 Å². The number of carbonyl (C=O) groups excluding carboxylic acids is 4. The van der Waals surface area contributed by atoms with Gasteiger partial charge in [0.1, 0.15) is 17.8 Å². The minimum atomic E-state index is -0.959. The molecule has 2 heterocycles. The maximum atomic E-state index is 13.1. The number of esters is 1. The van der Waals surface area contributed by atoms with Crippen LogP contribution in [0.1, 0.15) is 43.1 Å². The van der Waals surface area contributed by atoms with Gasteiger partial charge in [0, 0.05) is 43.1 Å². The van der Waals surface area contributed by atoms with Gasteiger partial charge in [-0.1, -0.05) is 11.6 Å². The van der Waals surface area contributed by atoms with Crippen LogP contribution in [-0.4, -0.2) is 64.3 Å². The van der Waals surface area contributed by atoms with E-state index in [1.54, 1.807) is 6.92 Å². The highest BCUT2D eigenvalue weighted by Crippen LogP contribution is 2.22. The Balaban J connectivity index is 1.72. The number of benzene rings is 1. The highest BCUT2D eigenvalue weighted by Gasteiger charge is 2.41. The summed E-state index contributed by atoms with van der Waals surface area (Å²) in [5.74, 6) is -1.84. The fourth-order valence-corrected chi connectivity index (χ4v) is 4.47. The normalized spacial score (nSPS) is 17.5. The lowest BCUT2D eigenvalue weighted by Gasteiger charge is -2.22. The number of nitrogens with two attached hydrogens (primary N) is 1. The smallest absolute Gasteiger partial charge is 0.328 e. The number of aromatic nitrogens is 1. The van der Waals surface area contributed by atoms with Gasteiger partial charge in [-0.25, -0.2) is 4.79 Å². The largest absolute Gasteiger partial charge is 0.464 e. The van der Waals surface area contributed by atoms with E-state index in [1.807, 2.05) is 0 Å². The Morgan fingerprint density at radius 3 is 2.63 bits per heavy atom. The van der Waals surface area contributed by atoms with Crippen molar-refractivity contribution in [3.05, 3.63) is 57.5 Å². The third kappa shape index (κ3) is 6.65. The van der Waals surface area contributed by atoms with Crippen molar-refractivity contribution in [2.45, 2.75) is 44.8 Å². The van der Waals surface area contributed by atoms with Crippen molar-refractivity contribution in [2.24, 2.45) is 0 Å². The SMILES string of the molecule is CCOC(=O)[C@@H]1C[C@@H](NC(=O)C(C)n2cccc(NC(=O)c3ccc(N)c(Cl)c3)c2=O)CN1C(=O)CCCl. The predicted molar refractivity (Wildman–Crippen MR) is 143 cm³/mol. The monoisotopic (exact) mass is 565 g/mol. The molecule has 1 unspecified atom stereocenters. The number of likely N-dealkylation sites (tertiary alicyclic amines) is 1. The second-order valence-corrected chi connectivity index (χ2v) is 9.48. The third-order valence-electron chi connectivity index (χ3n) is 6.12. The molecule has 3 atom stereocenters. The molecule has 1 aromatic heterocycles. The summed E-state index contributed by atoms with van der Waals surface area (Å²) in [5.41, 5.74) is 5.56. The number of nitrogens with one attached hydrogen (secondary N) is 2. The quantitative estimate of drug-likeness (QED) is 0.239. The molecule has 4 N–H and O–H groups in total. The fraction of sp³-hybridized carbons (Fsp3) is 0.400. The molecule has 1 saturated heterocycles. The van der Waals surface area contributed by atoms with Gasteiger partial charge in [-0.3, -0.25) is 19.2 Å². The van der Waals surface area contributed by atoms with Crippen molar-refractivity contribution >= 4 is 58.3 Å². The van der Waals surface area contributed by atoms with Crippen LogP contribution in [0.25, 0.3) is 0 Å². The number of hydrogen-bond donors (Lipinski definition) is 3. The molecule has 0 aliphatic carbocycles. The molecule has 1 fully saturated rings. The second kappa shape index (κ2) is 12.8. The second-order valence-electron chi connectivity index (χ2n) is 8.69. The number of alkyl halides is 1. The maximum absolute atomic E-state index is 13.1. The third-order valence-corrected chi connectivity index (χ3v) is 6.63. The van der Waals surface area contributed by atoms with Crippen molar-refractivity contribution in [3.8, 4) is 0 Å². The van der Waals surface area contributed by atoms with E-state index in [1.165, 1.54) is 52.9 Å². The number of amides is 3. The molecule has 3 rings (SSSR count). The van der Waals surface area contributed by atoms with E-state index in [0.29, 0.717) is 5.69 Å². The van der Waals surface area contributed by atoms with Gasteiger partial charge in [-0.05, 0) is 44.2 Å². The van der Waals surface area contributed by atoms with E-state index in [-0.39, 0.29) is 54.1 Å². The first-order chi connectivity index (χ1) is 18.1. The molecule has 0 bridgehead atoms. The molecule has 0 radical (unpaired) electrons. The number of nitrogen functional groups attached to an aromatic ring is 1. The van der Waals surface area contributed by atoms with E-state index in [9.17, 15) is 24.0 Å². The Morgan fingerprint density at radius 1 is 1.24 bits per heavy atom. The van der Waals surface area contributed by atoms with Crippen LogP contribution < -0.4 is 21.9 Å². The molecule has 1 aromatic carbocycles. The first-order valence-electron chi connectivity index (χ1n) is 12.0. The summed E-state index contributed by atoms with van der Waals surface area (Å²) in [6.45, 7) is 3.45. The number of rotatable bonds is 9. The summed E-state index contributed by atoms with van der Waals surface area (Å²) < 4.78 is 6.26. The number of halogens is 2. The summed E-state index contributed by atoms with van der Waals surface area (Å²) in [4.78, 5) is 65.0. The molecule has 1 aliphatic rings. The molecule has 2 aromatic rings. The molecule has 0 spiro atoms. The van der Waals surface area contributed by atoms with Gasteiger partial charge in [-0.2, -0.15) is 0 Å². The lowest BCUT2D eigenvalue weighted by atomic mass is 10.1. The van der Waals surface area contributed by atoms with Crippen LogP contribution >= 0.6 is 23.2 Å². The van der Waals surface area contributed by atoms with Gasteiger partial charge < -0.3 is 30.6 Å². The van der Waals surface area contributed by atoms with Crippen molar-refractivity contribution in [1.82, 2.24) is 14.8 Å². The van der Waals surface area contributed by atoms with Crippen LogP contribution in [0.5, 0.6) is 0 Å². The lowest BCUT2D eigenvalue weighted by molar-refractivity contribution is -0.152. The van der Waals surface area contributed by atoms with E-state index < -0.39 is 41.5 Å². The summed E-state index contributed by atoms with van der Waals surface area (Å²) >= 11 is 11.7. The average molecular weight is 566 g/mol. The van der Waals surface area contributed by atoms with E-state index in [2.05, 4.69) is 10.6 Å². The number of nitrogens with zero attached hydrogens (tertiary/aromatic N) is 2. The minimum Gasteiger partial charge on any atom is -0.464 e. The Bertz CT molecular complexity index is 1260. The van der Waals surface area contributed by atoms with Gasteiger partial charge in [0.05, 0.1) is 17.3 Å². The first kappa shape index (κ1) is 29.0. The number of pyridine rings is 1. The van der Waals surface area contributed by atoms with Gasteiger partial charge in [0.25, 0.3) is 11.5 Å². The van der Waals surface area contributed by atoms with Crippen LogP contribution in [0.3, 0.4) is 0 Å². The van der Waals surface area contributed by atoms with Crippen molar-refractivity contribution in [2.75, 3.05) is 30.1 Å². The van der Waals surface area contributed by atoms with Crippen LogP contribution in [-0.2, 0) is 19.1 Å². The van der Waals surface area contributed by atoms with Gasteiger partial charge in [-0.15, -0.1) is 11.6 Å². The van der Waals surface area contributed by atoms with Gasteiger partial charge >= 0.3 is 5.97 Å². The summed E-state index contributed by atoms with van der Waals surface area (Å²) in [5, 5.41) is 5.54. The van der Waals surface area contributed by atoms with Crippen LogP contribution in [0.2, 0.25) is 5.02 Å². The van der Waals surface area contributed by atoms with Gasteiger partial charge in [0.15, 0.2) is 0 Å². The number of hydrogen-bond acceptors (Lipinski definition) is 7. The fourth-order valence-electron chi connectivity index (χ4n) is 4.12. The van der Waals surface area contributed by atoms with E-state index in [0.717, 1.165) is 0 Å². The average Bonchev–Trinajstić information content (AvgIpc) is 3.30. The molecule has 204 valence electrons. The Morgan fingerprint density at radius 2 is 1.97 bits per heavy atom. The first-order valence-corrected chi connectivity index (χ1v) is 12.9. The molecular formula is C25H29Cl2N5O6. The number of anilines is 2. The standard InChI is InChI=1S/C25H29Cl2N5O6/c1-3-38-25(37)20-12-16(13-32(20)21(33)8-9-26)29-22(34)14(2)31-10-4-5-19(24(31)36)30-23(35)15-6-7-18(28)17(27)11-15/h4-7,10-11,14,16,20H,3,8-9,12-13,28H2,1-2H3,(H,29,34)(H,30,35)/t14?,16-,20+/m1/s1. The van der Waals surface area contributed by atoms with Crippen LogP contribution in [0.15, 0.2) is 41.3 Å². The highest BCUT2D eigenvalue weighted by molar-refractivity contribution is 6.33. The summed E-state index contributed by atoms with van der Waals surface area (Å²) in [7, 11) is 0. The molecule has 0 saturated carbocycles. The maximum Gasteiger partial charge on any atom is 0.328 e. The van der Waals surface area contributed by atoms with Crippen molar-refractivity contribution < 1.29 is 23.9 Å². The molecular weight excluding hydrogens is 537 g/mol. The minimum absolute atomic E-state index is 0.0359. The molecule has 13 heteroatoms. The number of ether oxygens (including phenoxy) is 1. The molecule has 3 amide bonds. The summed E-state index contributed by atoms with van der Waals surface area (Å²) in [6.07, 6.45) is 1.64. The zero-order valence-corrected chi connectivity index (χ0v) is 22.4. The highest BCUT2D eigenvalue weighted by atomic mass is 35.5. The van der Waals surface area contributed by atoms with E-state index >= 15 is 0 Å². The molecule has 11 nitrogen and oxygen atoms in total. The predicted octanol–water partition coefficient (Wildman–Crippen LogP) is 2.17. The molecule has 38 heavy (non-hydrogen) atoms. The van der Waals surface area contributed by atoms with E-state index in [4.69, 9.17) is 33.7 Å². The zero-order valence-electron chi connectivity index (χ0n) is 20.9. The summed E-state index contributed by atoms with van der Waals surface area (Å²) in [6, 6.07) is 4.95. The topological polar surface area (TPSA) is 153 Å². The zero-order chi connectivity index (χ0) is 28.0. The van der Waals surface area contributed by atoms with Crippen LogP contribution in [0, 0.1) is 0 Å². The Kier molecular flexibility index (Phi) is 9.76.